The Morgan fingerprint density at radius 2 is 2.03 bits per heavy atom. The van der Waals surface area contributed by atoms with Crippen LogP contribution in [0.5, 0.6) is 0 Å². The second-order valence-corrected chi connectivity index (χ2v) is 8.75. The van der Waals surface area contributed by atoms with Crippen LogP contribution in [0.3, 0.4) is 0 Å². The highest BCUT2D eigenvalue weighted by molar-refractivity contribution is 7.15. The van der Waals surface area contributed by atoms with Gasteiger partial charge in [-0.1, -0.05) is 0 Å². The summed E-state index contributed by atoms with van der Waals surface area (Å²) in [6, 6.07) is 4.72. The van der Waals surface area contributed by atoms with Crippen LogP contribution in [0.4, 0.5) is 8.78 Å². The summed E-state index contributed by atoms with van der Waals surface area (Å²) in [6.45, 7) is 5.31. The van der Waals surface area contributed by atoms with E-state index in [1.165, 1.54) is 6.07 Å². The number of imidazole rings is 1. The van der Waals surface area contributed by atoms with Crippen molar-refractivity contribution < 1.29 is 18.0 Å². The Kier molecular flexibility index (Phi) is 5.36. The van der Waals surface area contributed by atoms with E-state index >= 15 is 0 Å². The number of amides is 1. The third kappa shape index (κ3) is 3.81. The number of fused-ring (bicyclic) bond motifs is 1. The van der Waals surface area contributed by atoms with Crippen molar-refractivity contribution >= 4 is 22.9 Å². The number of hydrogen-bond donors (Lipinski definition) is 1. The summed E-state index contributed by atoms with van der Waals surface area (Å²) in [5.74, 6) is -0.539. The Balaban J connectivity index is 1.64. The molecule has 0 saturated heterocycles. The molecule has 0 aliphatic carbocycles. The molecule has 34 heavy (non-hydrogen) atoms. The first-order chi connectivity index (χ1) is 16.3. The topological polar surface area (TPSA) is 129 Å². The molecule has 5 rings (SSSR count). The van der Waals surface area contributed by atoms with Gasteiger partial charge in [0, 0.05) is 18.0 Å². The van der Waals surface area contributed by atoms with Gasteiger partial charge in [-0.3, -0.25) is 9.20 Å². The van der Waals surface area contributed by atoms with Crippen molar-refractivity contribution in [2.24, 2.45) is 0 Å². The van der Waals surface area contributed by atoms with Gasteiger partial charge in [-0.2, -0.15) is 4.68 Å². The molecule has 11 nitrogen and oxygen atoms in total. The van der Waals surface area contributed by atoms with E-state index in [4.69, 9.17) is 4.42 Å². The van der Waals surface area contributed by atoms with Crippen molar-refractivity contribution in [3.63, 3.8) is 0 Å². The van der Waals surface area contributed by atoms with Gasteiger partial charge in [-0.05, 0) is 42.5 Å². The van der Waals surface area contributed by atoms with Crippen molar-refractivity contribution in [3.05, 3.63) is 58.6 Å². The number of alkyl halides is 2. The fraction of sp³-hybridized carbons (Fsp3) is 0.250. The maximum Gasteiger partial charge on any atom is 0.299 e. The van der Waals surface area contributed by atoms with Gasteiger partial charge in [0.25, 0.3) is 12.3 Å². The second kappa shape index (κ2) is 8.37. The summed E-state index contributed by atoms with van der Waals surface area (Å²) >= 11 is 1.54. The molecule has 0 fully saturated rings. The van der Waals surface area contributed by atoms with E-state index in [2.05, 4.69) is 36.0 Å². The van der Waals surface area contributed by atoms with Crippen LogP contribution in [0, 0.1) is 13.8 Å². The van der Waals surface area contributed by atoms with Crippen LogP contribution in [-0.2, 0) is 0 Å². The van der Waals surface area contributed by atoms with E-state index in [0.717, 1.165) is 14.4 Å². The zero-order valence-electron chi connectivity index (χ0n) is 18.1. The minimum absolute atomic E-state index is 0.133. The summed E-state index contributed by atoms with van der Waals surface area (Å²) in [4.78, 5) is 19.6. The molecule has 5 aromatic heterocycles. The molecule has 0 radical (unpaired) electrons. The van der Waals surface area contributed by atoms with Gasteiger partial charge in [-0.25, -0.2) is 13.8 Å². The van der Waals surface area contributed by atoms with Crippen molar-refractivity contribution in [1.29, 1.82) is 0 Å². The molecule has 5 aromatic rings. The Morgan fingerprint density at radius 1 is 1.21 bits per heavy atom. The number of hydrogen-bond acceptors (Lipinski definition) is 9. The molecule has 1 N–H and O–H groups in total. The third-order valence-electron chi connectivity index (χ3n) is 5.02. The highest BCUT2D eigenvalue weighted by atomic mass is 32.1. The number of nitrogens with one attached hydrogen (secondary N) is 1. The van der Waals surface area contributed by atoms with E-state index in [-0.39, 0.29) is 17.1 Å². The minimum Gasteiger partial charge on any atom is -0.423 e. The van der Waals surface area contributed by atoms with E-state index in [0.29, 0.717) is 17.2 Å². The molecule has 0 aliphatic heterocycles. The first-order valence-corrected chi connectivity index (χ1v) is 10.9. The first-order valence-electron chi connectivity index (χ1n) is 10.1. The smallest absolute Gasteiger partial charge is 0.299 e. The van der Waals surface area contributed by atoms with Gasteiger partial charge in [0.15, 0.2) is 5.65 Å². The molecule has 0 spiro atoms. The predicted octanol–water partition coefficient (Wildman–Crippen LogP) is 3.47. The van der Waals surface area contributed by atoms with Crippen molar-refractivity contribution in [2.75, 3.05) is 0 Å². The fourth-order valence-electron chi connectivity index (χ4n) is 3.43. The second-order valence-electron chi connectivity index (χ2n) is 7.47. The molecule has 1 atom stereocenters. The van der Waals surface area contributed by atoms with Gasteiger partial charge in [0.1, 0.15) is 11.7 Å². The Bertz CT molecular complexity index is 1500. The van der Waals surface area contributed by atoms with Crippen molar-refractivity contribution in [1.82, 2.24) is 45.1 Å². The summed E-state index contributed by atoms with van der Waals surface area (Å²) < 4.78 is 35.0. The lowest BCUT2D eigenvalue weighted by Crippen LogP contribution is -2.27. The summed E-state index contributed by atoms with van der Waals surface area (Å²) in [7, 11) is 0. The molecule has 174 valence electrons. The third-order valence-corrected chi connectivity index (χ3v) is 6.04. The van der Waals surface area contributed by atoms with Crippen LogP contribution in [0.25, 0.3) is 21.9 Å². The number of nitrogens with zero attached hydrogens (tertiary/aromatic N) is 8. The van der Waals surface area contributed by atoms with E-state index in [1.807, 2.05) is 19.1 Å². The van der Waals surface area contributed by atoms with Gasteiger partial charge in [0.2, 0.25) is 17.6 Å². The number of aromatic nitrogens is 8. The zero-order chi connectivity index (χ0) is 24.0. The van der Waals surface area contributed by atoms with Crippen LogP contribution in [-0.4, -0.2) is 45.7 Å². The number of tetrazole rings is 1. The van der Waals surface area contributed by atoms with E-state index < -0.39 is 24.2 Å². The highest BCUT2D eigenvalue weighted by Gasteiger charge is 2.24. The fourth-order valence-corrected chi connectivity index (χ4v) is 4.31. The number of thiophene rings is 1. The number of carbonyl (C=O) groups is 1. The maximum absolute atomic E-state index is 13.5. The zero-order valence-corrected chi connectivity index (χ0v) is 18.9. The Hall–Kier alpha value is -4.07. The number of halogens is 2. The normalized spacial score (nSPS) is 12.5. The van der Waals surface area contributed by atoms with Crippen LogP contribution < -0.4 is 5.32 Å². The summed E-state index contributed by atoms with van der Waals surface area (Å²) in [5, 5.41) is 21.0. The molecular formula is C20H17F2N9O2S. The van der Waals surface area contributed by atoms with Crippen molar-refractivity contribution in [2.45, 2.75) is 33.2 Å². The van der Waals surface area contributed by atoms with Gasteiger partial charge < -0.3 is 9.73 Å². The van der Waals surface area contributed by atoms with Crippen LogP contribution >= 0.6 is 11.3 Å². The highest BCUT2D eigenvalue weighted by Crippen LogP contribution is 2.31. The summed E-state index contributed by atoms with van der Waals surface area (Å²) in [5.41, 5.74) is 1.31. The molecular weight excluding hydrogens is 468 g/mol. The number of pyridine rings is 1. The molecule has 14 heteroatoms. The lowest BCUT2D eigenvalue weighted by molar-refractivity contribution is 0.0933. The lowest BCUT2D eigenvalue weighted by Gasteiger charge is -2.13. The van der Waals surface area contributed by atoms with Gasteiger partial charge in [0.05, 0.1) is 22.3 Å². The van der Waals surface area contributed by atoms with Crippen molar-refractivity contribution in [3.8, 4) is 16.3 Å². The van der Waals surface area contributed by atoms with Gasteiger partial charge >= 0.3 is 0 Å². The molecule has 0 saturated carbocycles. The Morgan fingerprint density at radius 3 is 2.71 bits per heavy atom. The van der Waals surface area contributed by atoms with E-state index in [1.54, 1.807) is 42.0 Å². The maximum atomic E-state index is 13.5. The lowest BCUT2D eigenvalue weighted by atomic mass is 10.2. The van der Waals surface area contributed by atoms with Crippen LogP contribution in [0.2, 0.25) is 0 Å². The molecule has 5 heterocycles. The van der Waals surface area contributed by atoms with E-state index in [9.17, 15) is 13.6 Å². The molecule has 1 unspecified atom stereocenters. The first kappa shape index (κ1) is 21.8. The Labute approximate surface area is 194 Å². The minimum atomic E-state index is -2.93. The molecule has 0 aromatic carbocycles. The summed E-state index contributed by atoms with van der Waals surface area (Å²) in [6.07, 6.45) is 0.272. The average Bonchev–Trinajstić information content (AvgIpc) is 3.59. The average molecular weight is 485 g/mol. The standard InChI is InChI=1S/C20H17F2N9O2S/c1-9-4-5-15(34-9)14-7-23-17-13(31-18(16(21)22)26-28-29-31)6-12(8-30(14)17)19(32)24-10(2)20-27-25-11(3)33-20/h4-8,10,16H,1-3H3,(H,24,32). The van der Waals surface area contributed by atoms with Crippen LogP contribution in [0.1, 0.15) is 52.2 Å². The monoisotopic (exact) mass is 485 g/mol. The largest absolute Gasteiger partial charge is 0.423 e. The number of carbonyl (C=O) groups excluding carboxylic acids is 1. The molecule has 1 amide bonds. The van der Waals surface area contributed by atoms with Gasteiger partial charge in [-0.15, -0.1) is 26.6 Å². The quantitative estimate of drug-likeness (QED) is 0.387. The predicted molar refractivity (Wildman–Crippen MR) is 116 cm³/mol. The SMILES string of the molecule is Cc1nnc(C(C)NC(=O)c2cc(-n3nnnc3C(F)F)c3ncc(-c4ccc(C)s4)n3c2)o1. The van der Waals surface area contributed by atoms with Crippen LogP contribution in [0.15, 0.2) is 35.0 Å². The molecule has 0 aliphatic rings. The molecule has 0 bridgehead atoms. The number of rotatable bonds is 6. The number of aryl methyl sites for hydroxylation is 2.